The quantitative estimate of drug-likeness (QED) is 0.922. The van der Waals surface area contributed by atoms with Gasteiger partial charge in [-0.05, 0) is 50.3 Å². The molecule has 0 spiro atoms. The first-order valence-corrected chi connectivity index (χ1v) is 8.60. The molecule has 1 aromatic carbocycles. The van der Waals surface area contributed by atoms with Gasteiger partial charge in [0.25, 0.3) is 0 Å². The number of hydrogen-bond donors (Lipinski definition) is 1. The fourth-order valence-electron chi connectivity index (χ4n) is 4.02. The maximum atomic E-state index is 13.9. The summed E-state index contributed by atoms with van der Waals surface area (Å²) in [7, 11) is 0. The minimum Gasteiger partial charge on any atom is -0.387 e. The lowest BCUT2D eigenvalue weighted by Gasteiger charge is -2.42. The monoisotopic (exact) mass is 325 g/mol. The van der Waals surface area contributed by atoms with E-state index < -0.39 is 17.7 Å². The molecule has 2 aliphatic heterocycles. The van der Waals surface area contributed by atoms with Crippen LogP contribution in [-0.4, -0.2) is 42.4 Å². The van der Waals surface area contributed by atoms with Gasteiger partial charge in [0, 0.05) is 25.8 Å². The van der Waals surface area contributed by atoms with Crippen LogP contribution in [0.3, 0.4) is 0 Å². The topological polar surface area (TPSA) is 32.7 Å². The summed E-state index contributed by atoms with van der Waals surface area (Å²) < 4.78 is 33.2. The van der Waals surface area contributed by atoms with E-state index in [1.807, 2.05) is 0 Å². The molecule has 3 nitrogen and oxygen atoms in total. The van der Waals surface area contributed by atoms with Gasteiger partial charge in [-0.3, -0.25) is 4.90 Å². The smallest absolute Gasteiger partial charge is 0.131 e. The van der Waals surface area contributed by atoms with Crippen LogP contribution < -0.4 is 0 Å². The molecule has 0 aliphatic carbocycles. The number of aliphatic hydroxyl groups excluding tert-OH is 1. The van der Waals surface area contributed by atoms with Crippen LogP contribution in [0.5, 0.6) is 0 Å². The number of piperidine rings is 1. The molecule has 0 radical (unpaired) electrons. The Hall–Kier alpha value is -1.04. The number of aliphatic hydroxyl groups is 1. The Morgan fingerprint density at radius 2 is 1.83 bits per heavy atom. The lowest BCUT2D eigenvalue weighted by molar-refractivity contribution is -0.00474. The predicted molar refractivity (Wildman–Crippen MR) is 84.1 cm³/mol. The molecular formula is C18H25F2NO2. The standard InChI is InChI=1S/C18H25F2NO2/c19-14-4-3-5-15(20)18(14)17(22)12-21-9-2-1-6-16(21)13-7-10-23-11-8-13/h3-5,13,16-17,22H,1-2,6-12H2. The third-order valence-corrected chi connectivity index (χ3v) is 5.21. The van der Waals surface area contributed by atoms with E-state index >= 15 is 0 Å². The number of nitrogens with zero attached hydrogens (tertiary/aromatic N) is 1. The summed E-state index contributed by atoms with van der Waals surface area (Å²) in [5.41, 5.74) is -0.205. The second-order valence-electron chi connectivity index (χ2n) is 6.66. The lowest BCUT2D eigenvalue weighted by Crippen LogP contribution is -2.47. The molecule has 0 bridgehead atoms. The van der Waals surface area contributed by atoms with Gasteiger partial charge < -0.3 is 9.84 Å². The first kappa shape index (κ1) is 16.8. The summed E-state index contributed by atoms with van der Waals surface area (Å²) in [6, 6.07) is 4.12. The Morgan fingerprint density at radius 3 is 2.52 bits per heavy atom. The third kappa shape index (κ3) is 3.90. The zero-order valence-electron chi connectivity index (χ0n) is 13.4. The largest absolute Gasteiger partial charge is 0.387 e. The van der Waals surface area contributed by atoms with Crippen molar-refractivity contribution in [1.29, 1.82) is 0 Å². The van der Waals surface area contributed by atoms with Gasteiger partial charge in [0.15, 0.2) is 0 Å². The minimum absolute atomic E-state index is 0.205. The highest BCUT2D eigenvalue weighted by Crippen LogP contribution is 2.32. The van der Waals surface area contributed by atoms with Crippen LogP contribution in [0.15, 0.2) is 18.2 Å². The second-order valence-corrected chi connectivity index (χ2v) is 6.66. The molecule has 2 unspecified atom stereocenters. The normalized spacial score (nSPS) is 25.4. The van der Waals surface area contributed by atoms with Gasteiger partial charge in [-0.2, -0.15) is 0 Å². The molecule has 3 rings (SSSR count). The Morgan fingerprint density at radius 1 is 1.13 bits per heavy atom. The molecule has 2 atom stereocenters. The van der Waals surface area contributed by atoms with Crippen molar-refractivity contribution in [2.24, 2.45) is 5.92 Å². The van der Waals surface area contributed by atoms with Crippen molar-refractivity contribution in [1.82, 2.24) is 4.90 Å². The van der Waals surface area contributed by atoms with E-state index in [4.69, 9.17) is 4.74 Å². The Kier molecular flexibility index (Phi) is 5.62. The third-order valence-electron chi connectivity index (χ3n) is 5.21. The number of halogens is 2. The van der Waals surface area contributed by atoms with Crippen LogP contribution in [0.4, 0.5) is 8.78 Å². The highest BCUT2D eigenvalue weighted by Gasteiger charge is 2.33. The summed E-state index contributed by atoms with van der Waals surface area (Å²) in [6.45, 7) is 2.76. The van der Waals surface area contributed by atoms with Crippen molar-refractivity contribution < 1.29 is 18.6 Å². The summed E-state index contributed by atoms with van der Waals surface area (Å²) in [5.74, 6) is -0.782. The van der Waals surface area contributed by atoms with Gasteiger partial charge >= 0.3 is 0 Å². The van der Waals surface area contributed by atoms with Crippen LogP contribution in [0.1, 0.15) is 43.8 Å². The Bertz CT molecular complexity index is 499. The van der Waals surface area contributed by atoms with Crippen LogP contribution >= 0.6 is 0 Å². The molecular weight excluding hydrogens is 300 g/mol. The zero-order valence-corrected chi connectivity index (χ0v) is 13.4. The SMILES string of the molecule is OC(CN1CCCCC1C1CCOCC1)c1c(F)cccc1F. The maximum absolute atomic E-state index is 13.9. The van der Waals surface area contributed by atoms with Crippen molar-refractivity contribution >= 4 is 0 Å². The number of β-amino-alcohol motifs (C(OH)–C–C–N with tert-alkyl or cyclic N) is 1. The van der Waals surface area contributed by atoms with Crippen LogP contribution in [0, 0.1) is 17.6 Å². The molecule has 0 amide bonds. The van der Waals surface area contributed by atoms with Crippen molar-refractivity contribution in [2.45, 2.75) is 44.2 Å². The average molecular weight is 325 g/mol. The van der Waals surface area contributed by atoms with Gasteiger partial charge in [-0.25, -0.2) is 8.78 Å². The van der Waals surface area contributed by atoms with Gasteiger partial charge in [0.1, 0.15) is 11.6 Å². The van der Waals surface area contributed by atoms with Crippen molar-refractivity contribution in [2.75, 3.05) is 26.3 Å². The van der Waals surface area contributed by atoms with Gasteiger partial charge in [-0.15, -0.1) is 0 Å². The molecule has 0 saturated carbocycles. The molecule has 2 saturated heterocycles. The number of hydrogen-bond acceptors (Lipinski definition) is 3. The summed E-state index contributed by atoms with van der Waals surface area (Å²) in [4.78, 5) is 2.23. The highest BCUT2D eigenvalue weighted by atomic mass is 19.1. The van der Waals surface area contributed by atoms with Gasteiger partial charge in [0.2, 0.25) is 0 Å². The van der Waals surface area contributed by atoms with E-state index in [-0.39, 0.29) is 5.56 Å². The van der Waals surface area contributed by atoms with E-state index in [0.29, 0.717) is 18.5 Å². The van der Waals surface area contributed by atoms with Crippen LogP contribution in [0.2, 0.25) is 0 Å². The molecule has 2 fully saturated rings. The van der Waals surface area contributed by atoms with E-state index in [1.165, 1.54) is 24.6 Å². The summed E-state index contributed by atoms with van der Waals surface area (Å²) in [5, 5.41) is 10.4. The van der Waals surface area contributed by atoms with Crippen LogP contribution in [-0.2, 0) is 4.74 Å². The van der Waals surface area contributed by atoms with Crippen LogP contribution in [0.25, 0.3) is 0 Å². The number of benzene rings is 1. The van der Waals surface area contributed by atoms with E-state index in [1.54, 1.807) is 0 Å². The molecule has 1 aromatic rings. The molecule has 23 heavy (non-hydrogen) atoms. The van der Waals surface area contributed by atoms with Gasteiger partial charge in [-0.1, -0.05) is 12.5 Å². The molecule has 0 aromatic heterocycles. The first-order valence-electron chi connectivity index (χ1n) is 8.60. The first-order chi connectivity index (χ1) is 11.2. The van der Waals surface area contributed by atoms with Crippen molar-refractivity contribution in [3.63, 3.8) is 0 Å². The van der Waals surface area contributed by atoms with Crippen molar-refractivity contribution in [3.8, 4) is 0 Å². The number of likely N-dealkylation sites (tertiary alicyclic amines) is 1. The predicted octanol–water partition coefficient (Wildman–Crippen LogP) is 3.28. The van der Waals surface area contributed by atoms with E-state index in [2.05, 4.69) is 4.90 Å². The molecule has 1 N–H and O–H groups in total. The molecule has 5 heteroatoms. The minimum atomic E-state index is -1.13. The maximum Gasteiger partial charge on any atom is 0.131 e. The van der Waals surface area contributed by atoms with E-state index in [9.17, 15) is 13.9 Å². The van der Waals surface area contributed by atoms with Gasteiger partial charge in [0.05, 0.1) is 11.7 Å². The van der Waals surface area contributed by atoms with E-state index in [0.717, 1.165) is 45.4 Å². The molecule has 128 valence electrons. The summed E-state index contributed by atoms with van der Waals surface area (Å²) in [6.07, 6.45) is 4.29. The fourth-order valence-corrected chi connectivity index (χ4v) is 4.02. The average Bonchev–Trinajstić information content (AvgIpc) is 2.56. The highest BCUT2D eigenvalue weighted by molar-refractivity contribution is 5.22. The molecule has 2 aliphatic rings. The van der Waals surface area contributed by atoms with Crippen molar-refractivity contribution in [3.05, 3.63) is 35.4 Å². The lowest BCUT2D eigenvalue weighted by atomic mass is 9.85. The Labute approximate surface area is 136 Å². The number of ether oxygens (including phenoxy) is 1. The summed E-state index contributed by atoms with van der Waals surface area (Å²) >= 11 is 0. The number of rotatable bonds is 4. The fraction of sp³-hybridized carbons (Fsp3) is 0.667. The molecule has 2 heterocycles. The zero-order chi connectivity index (χ0) is 16.2. The second kappa shape index (κ2) is 7.69. The Balaban J connectivity index is 1.71.